The van der Waals surface area contributed by atoms with Crippen LogP contribution in [0.2, 0.25) is 5.02 Å². The molecular formula is C30H36ClN7O. The van der Waals surface area contributed by atoms with Crippen molar-refractivity contribution in [2.45, 2.75) is 65.0 Å². The Labute approximate surface area is 234 Å². The summed E-state index contributed by atoms with van der Waals surface area (Å²) in [4.78, 5) is 21.6. The summed E-state index contributed by atoms with van der Waals surface area (Å²) in [6, 6.07) is 12.3. The van der Waals surface area contributed by atoms with Gasteiger partial charge in [-0.1, -0.05) is 36.9 Å². The maximum atomic E-state index is 13.7. The van der Waals surface area contributed by atoms with E-state index in [1.165, 1.54) is 36.1 Å². The zero-order valence-electron chi connectivity index (χ0n) is 23.0. The number of benzene rings is 2. The van der Waals surface area contributed by atoms with Gasteiger partial charge >= 0.3 is 0 Å². The molecule has 8 nitrogen and oxygen atoms in total. The van der Waals surface area contributed by atoms with Crippen LogP contribution >= 0.6 is 11.6 Å². The number of aromatic amines is 1. The van der Waals surface area contributed by atoms with E-state index in [2.05, 4.69) is 75.3 Å². The van der Waals surface area contributed by atoms with Crippen LogP contribution in [0.15, 0.2) is 41.2 Å². The van der Waals surface area contributed by atoms with Crippen molar-refractivity contribution in [2.75, 3.05) is 31.1 Å². The van der Waals surface area contributed by atoms with Crippen LogP contribution < -0.4 is 10.5 Å². The molecule has 0 spiro atoms. The summed E-state index contributed by atoms with van der Waals surface area (Å²) in [6.45, 7) is 9.51. The summed E-state index contributed by atoms with van der Waals surface area (Å²) >= 11 is 6.34. The number of H-pyrrole nitrogens is 1. The summed E-state index contributed by atoms with van der Waals surface area (Å²) < 4.78 is 2.02. The van der Waals surface area contributed by atoms with Gasteiger partial charge in [0.2, 0.25) is 0 Å². The van der Waals surface area contributed by atoms with E-state index >= 15 is 0 Å². The smallest absolute Gasteiger partial charge is 0.253 e. The van der Waals surface area contributed by atoms with E-state index in [1.54, 1.807) is 0 Å². The third-order valence-corrected chi connectivity index (χ3v) is 8.89. The molecular weight excluding hydrogens is 510 g/mol. The first-order valence-corrected chi connectivity index (χ1v) is 14.4. The molecule has 2 fully saturated rings. The molecule has 0 unspecified atom stereocenters. The summed E-state index contributed by atoms with van der Waals surface area (Å²) in [7, 11) is 0. The quantitative estimate of drug-likeness (QED) is 0.356. The molecule has 1 aliphatic carbocycles. The molecule has 204 valence electrons. The Kier molecular flexibility index (Phi) is 7.16. The first-order valence-electron chi connectivity index (χ1n) is 14.1. The number of nitrogens with one attached hydrogen (secondary N) is 1. The molecule has 2 aliphatic rings. The van der Waals surface area contributed by atoms with Crippen LogP contribution in [0.25, 0.3) is 10.9 Å². The summed E-state index contributed by atoms with van der Waals surface area (Å²) in [5.74, 6) is 0.767. The fraction of sp³-hybridized carbons (Fsp3) is 0.467. The molecule has 2 aromatic heterocycles. The van der Waals surface area contributed by atoms with Gasteiger partial charge < -0.3 is 9.88 Å². The lowest BCUT2D eigenvalue weighted by Gasteiger charge is -2.40. The van der Waals surface area contributed by atoms with Crippen LogP contribution in [0.3, 0.4) is 0 Å². The number of hydrogen-bond donors (Lipinski definition) is 1. The highest BCUT2D eigenvalue weighted by atomic mass is 35.5. The first-order chi connectivity index (χ1) is 18.9. The molecule has 39 heavy (non-hydrogen) atoms. The van der Waals surface area contributed by atoms with E-state index in [1.807, 2.05) is 16.8 Å². The lowest BCUT2D eigenvalue weighted by Crippen LogP contribution is -2.49. The largest absolute Gasteiger partial charge is 0.369 e. The molecule has 2 aromatic carbocycles. The maximum absolute atomic E-state index is 13.7. The first kappa shape index (κ1) is 26.0. The van der Waals surface area contributed by atoms with Crippen molar-refractivity contribution in [3.63, 3.8) is 0 Å². The number of aryl methyl sites for hydroxylation is 3. The van der Waals surface area contributed by atoms with Gasteiger partial charge in [-0.15, -0.1) is 5.10 Å². The van der Waals surface area contributed by atoms with Crippen LogP contribution in [-0.2, 0) is 0 Å². The highest BCUT2D eigenvalue weighted by Gasteiger charge is 2.34. The second-order valence-corrected chi connectivity index (χ2v) is 11.6. The molecule has 3 heterocycles. The predicted molar refractivity (Wildman–Crippen MR) is 156 cm³/mol. The number of anilines is 1. The molecule has 0 radical (unpaired) electrons. The summed E-state index contributed by atoms with van der Waals surface area (Å²) in [5.41, 5.74) is 6.22. The zero-order chi connectivity index (χ0) is 27.1. The van der Waals surface area contributed by atoms with Gasteiger partial charge in [0, 0.05) is 48.0 Å². The Hall–Kier alpha value is -3.23. The number of pyridine rings is 1. The van der Waals surface area contributed by atoms with Crippen LogP contribution in [0, 0.1) is 20.8 Å². The van der Waals surface area contributed by atoms with Crippen LogP contribution in [-0.4, -0.2) is 56.3 Å². The van der Waals surface area contributed by atoms with Gasteiger partial charge in [0.15, 0.2) is 5.82 Å². The van der Waals surface area contributed by atoms with E-state index in [4.69, 9.17) is 11.6 Å². The average Bonchev–Trinajstić information content (AvgIpc) is 3.42. The predicted octanol–water partition coefficient (Wildman–Crippen LogP) is 5.51. The molecule has 4 aromatic rings. The molecule has 1 atom stereocenters. The number of tetrazole rings is 1. The Morgan fingerprint density at radius 3 is 2.44 bits per heavy atom. The molecule has 0 amide bonds. The van der Waals surface area contributed by atoms with Crippen molar-refractivity contribution in [3.05, 3.63) is 79.9 Å². The Balaban J connectivity index is 1.40. The highest BCUT2D eigenvalue weighted by Crippen LogP contribution is 2.34. The van der Waals surface area contributed by atoms with Gasteiger partial charge in [-0.25, -0.2) is 4.68 Å². The number of nitrogens with zero attached hydrogens (tertiary/aromatic N) is 6. The second kappa shape index (κ2) is 10.7. The normalized spacial score (nSPS) is 18.1. The fourth-order valence-corrected chi connectivity index (χ4v) is 6.47. The van der Waals surface area contributed by atoms with E-state index in [0.717, 1.165) is 66.3 Å². The summed E-state index contributed by atoms with van der Waals surface area (Å²) in [5, 5.41) is 15.0. The number of rotatable bonds is 5. The molecule has 6 rings (SSSR count). The van der Waals surface area contributed by atoms with Crippen LogP contribution in [0.5, 0.6) is 0 Å². The lowest BCUT2D eigenvalue weighted by atomic mass is 9.95. The second-order valence-electron chi connectivity index (χ2n) is 11.2. The van der Waals surface area contributed by atoms with Gasteiger partial charge in [-0.3, -0.25) is 9.69 Å². The Bertz CT molecular complexity index is 1550. The molecule has 1 aliphatic heterocycles. The maximum Gasteiger partial charge on any atom is 0.253 e. The van der Waals surface area contributed by atoms with Crippen molar-refractivity contribution >= 4 is 28.2 Å². The van der Waals surface area contributed by atoms with Gasteiger partial charge in [0.25, 0.3) is 5.56 Å². The molecule has 1 N–H and O–H groups in total. The molecule has 0 bridgehead atoms. The van der Waals surface area contributed by atoms with Gasteiger partial charge in [-0.2, -0.15) is 0 Å². The minimum atomic E-state index is -0.334. The van der Waals surface area contributed by atoms with E-state index in [0.29, 0.717) is 5.56 Å². The van der Waals surface area contributed by atoms with E-state index < -0.39 is 0 Å². The number of aromatic nitrogens is 5. The van der Waals surface area contributed by atoms with Crippen LogP contribution in [0.1, 0.15) is 72.3 Å². The van der Waals surface area contributed by atoms with E-state index in [9.17, 15) is 4.79 Å². The average molecular weight is 546 g/mol. The number of piperazine rings is 1. The van der Waals surface area contributed by atoms with Crippen molar-refractivity contribution in [1.29, 1.82) is 0 Å². The summed E-state index contributed by atoms with van der Waals surface area (Å²) in [6.07, 6.45) is 5.76. The third kappa shape index (κ3) is 5.08. The van der Waals surface area contributed by atoms with Crippen molar-refractivity contribution in [1.82, 2.24) is 30.1 Å². The van der Waals surface area contributed by atoms with Crippen molar-refractivity contribution in [3.8, 4) is 0 Å². The van der Waals surface area contributed by atoms with Gasteiger partial charge in [-0.05, 0) is 96.4 Å². The monoisotopic (exact) mass is 545 g/mol. The molecule has 1 saturated heterocycles. The van der Waals surface area contributed by atoms with Gasteiger partial charge in [0.1, 0.15) is 6.04 Å². The highest BCUT2D eigenvalue weighted by molar-refractivity contribution is 6.30. The third-order valence-electron chi connectivity index (χ3n) is 8.66. The molecule has 9 heteroatoms. The Morgan fingerprint density at radius 1 is 0.923 bits per heavy atom. The SMILES string of the molecule is Cc1cc2cc([C@H](c3nnnn3C3CCCCC3)N3CCN(c4cc(Cl)ccc4C)CC3)c(=O)[nH]c2cc1C. The van der Waals surface area contributed by atoms with Crippen LogP contribution in [0.4, 0.5) is 5.69 Å². The van der Waals surface area contributed by atoms with Gasteiger partial charge in [0.05, 0.1) is 6.04 Å². The minimum absolute atomic E-state index is 0.0814. The standard InChI is InChI=1S/C30H36ClN7O/c1-19-9-10-23(31)18-27(19)36-11-13-37(14-12-36)28(29-33-34-35-38(29)24-7-5-4-6-8-24)25-17-22-15-20(2)21(3)16-26(22)32-30(25)39/h9-10,15-18,24,28H,4-8,11-14H2,1-3H3,(H,32,39)/t28-/m1/s1. The number of halogens is 1. The minimum Gasteiger partial charge on any atom is -0.369 e. The number of fused-ring (bicyclic) bond motifs is 1. The lowest BCUT2D eigenvalue weighted by molar-refractivity contribution is 0.192. The number of hydrogen-bond acceptors (Lipinski definition) is 6. The van der Waals surface area contributed by atoms with Crippen molar-refractivity contribution in [2.24, 2.45) is 0 Å². The zero-order valence-corrected chi connectivity index (χ0v) is 23.7. The fourth-order valence-electron chi connectivity index (χ4n) is 6.31. The topological polar surface area (TPSA) is 82.9 Å². The molecule has 1 saturated carbocycles. The van der Waals surface area contributed by atoms with Crippen molar-refractivity contribution < 1.29 is 0 Å². The Morgan fingerprint density at radius 2 is 1.67 bits per heavy atom. The van der Waals surface area contributed by atoms with E-state index in [-0.39, 0.29) is 17.6 Å².